The smallest absolute Gasteiger partial charge is 0.237 e. The molecule has 1 aliphatic rings. The van der Waals surface area contributed by atoms with Gasteiger partial charge in [-0.1, -0.05) is 38.1 Å². The van der Waals surface area contributed by atoms with Crippen molar-refractivity contribution in [3.8, 4) is 0 Å². The zero-order chi connectivity index (χ0) is 17.0. The van der Waals surface area contributed by atoms with Crippen molar-refractivity contribution in [2.75, 3.05) is 13.1 Å². The number of benzene rings is 1. The lowest BCUT2D eigenvalue weighted by molar-refractivity contribution is -0.131. The van der Waals surface area contributed by atoms with Crippen molar-refractivity contribution in [1.82, 2.24) is 10.2 Å². The van der Waals surface area contributed by atoms with Gasteiger partial charge < -0.3 is 10.4 Å². The Labute approximate surface area is 139 Å². The molecule has 0 spiro atoms. The van der Waals surface area contributed by atoms with Gasteiger partial charge in [-0.25, -0.2) is 0 Å². The molecule has 1 amide bonds. The highest BCUT2D eigenvalue weighted by atomic mass is 16.3. The molecule has 1 aromatic rings. The number of carbonyl (C=O) groups excluding carboxylic acids is 1. The highest BCUT2D eigenvalue weighted by molar-refractivity contribution is 5.82. The van der Waals surface area contributed by atoms with Crippen molar-refractivity contribution in [3.05, 3.63) is 35.4 Å². The molecule has 1 atom stereocenters. The standard InChI is InChI=1S/C19H30N2O2/c1-14(2)17-18(22)20-11-12-21(17)13-16-7-5-15(6-8-16)9-10-19(3,4)23/h5-8,14,17,23H,9-13H2,1-4H3,(H,20,22)/t17-/m1/s1. The minimum Gasteiger partial charge on any atom is -0.390 e. The number of hydrogen-bond acceptors (Lipinski definition) is 3. The summed E-state index contributed by atoms with van der Waals surface area (Å²) in [5, 5.41) is 12.8. The molecule has 1 aromatic carbocycles. The van der Waals surface area contributed by atoms with E-state index in [1.165, 1.54) is 11.1 Å². The minimum atomic E-state index is -0.621. The third-order valence-electron chi connectivity index (χ3n) is 4.43. The maximum absolute atomic E-state index is 12.1. The van der Waals surface area contributed by atoms with E-state index in [4.69, 9.17) is 0 Å². The van der Waals surface area contributed by atoms with Crippen LogP contribution in [0.2, 0.25) is 0 Å². The topological polar surface area (TPSA) is 52.6 Å². The molecule has 1 saturated heterocycles. The number of aryl methyl sites for hydroxylation is 1. The van der Waals surface area contributed by atoms with E-state index < -0.39 is 5.60 Å². The van der Waals surface area contributed by atoms with Crippen molar-refractivity contribution in [3.63, 3.8) is 0 Å². The van der Waals surface area contributed by atoms with Gasteiger partial charge in [0.1, 0.15) is 0 Å². The Bertz CT molecular complexity index is 517. The number of nitrogens with zero attached hydrogens (tertiary/aromatic N) is 1. The van der Waals surface area contributed by atoms with Crippen molar-refractivity contribution >= 4 is 5.91 Å². The highest BCUT2D eigenvalue weighted by Gasteiger charge is 2.31. The molecule has 4 heteroatoms. The van der Waals surface area contributed by atoms with Gasteiger partial charge in [0.2, 0.25) is 5.91 Å². The summed E-state index contributed by atoms with van der Waals surface area (Å²) in [5.41, 5.74) is 1.86. The summed E-state index contributed by atoms with van der Waals surface area (Å²) in [4.78, 5) is 14.4. The lowest BCUT2D eigenvalue weighted by Gasteiger charge is -2.37. The Morgan fingerprint density at radius 3 is 2.43 bits per heavy atom. The van der Waals surface area contributed by atoms with E-state index in [1.807, 2.05) is 13.8 Å². The summed E-state index contributed by atoms with van der Waals surface area (Å²) in [6.07, 6.45) is 1.64. The van der Waals surface area contributed by atoms with Crippen LogP contribution in [-0.2, 0) is 17.8 Å². The van der Waals surface area contributed by atoms with Crippen LogP contribution in [0.5, 0.6) is 0 Å². The summed E-state index contributed by atoms with van der Waals surface area (Å²) in [5.74, 6) is 0.453. The Morgan fingerprint density at radius 1 is 1.26 bits per heavy atom. The Balaban J connectivity index is 1.98. The highest BCUT2D eigenvalue weighted by Crippen LogP contribution is 2.19. The van der Waals surface area contributed by atoms with Crippen LogP contribution < -0.4 is 5.32 Å². The van der Waals surface area contributed by atoms with E-state index in [0.29, 0.717) is 5.92 Å². The van der Waals surface area contributed by atoms with Gasteiger partial charge in [-0.05, 0) is 43.7 Å². The molecule has 2 N–H and O–H groups in total. The molecule has 0 aromatic heterocycles. The number of amides is 1. The molecule has 1 fully saturated rings. The van der Waals surface area contributed by atoms with Crippen molar-refractivity contribution in [2.24, 2.45) is 5.92 Å². The fraction of sp³-hybridized carbons (Fsp3) is 0.632. The van der Waals surface area contributed by atoms with Crippen LogP contribution in [0.4, 0.5) is 0 Å². The third-order valence-corrected chi connectivity index (χ3v) is 4.43. The summed E-state index contributed by atoms with van der Waals surface area (Å²) < 4.78 is 0. The predicted molar refractivity (Wildman–Crippen MR) is 93.1 cm³/mol. The summed E-state index contributed by atoms with van der Waals surface area (Å²) in [6, 6.07) is 8.51. The molecule has 0 unspecified atom stereocenters. The molecule has 0 aliphatic carbocycles. The molecule has 0 radical (unpaired) electrons. The monoisotopic (exact) mass is 318 g/mol. The molecular weight excluding hydrogens is 288 g/mol. The molecule has 23 heavy (non-hydrogen) atoms. The van der Waals surface area contributed by atoms with Gasteiger partial charge in [-0.15, -0.1) is 0 Å². The summed E-state index contributed by atoms with van der Waals surface area (Å²) in [6.45, 7) is 10.3. The molecule has 1 heterocycles. The Kier molecular flexibility index (Phi) is 5.82. The lowest BCUT2D eigenvalue weighted by Crippen LogP contribution is -2.56. The van der Waals surface area contributed by atoms with Crippen LogP contribution in [0, 0.1) is 5.92 Å². The van der Waals surface area contributed by atoms with Crippen LogP contribution in [0.15, 0.2) is 24.3 Å². The number of rotatable bonds is 6. The average Bonchev–Trinajstić information content (AvgIpc) is 2.45. The van der Waals surface area contributed by atoms with Crippen LogP contribution in [0.25, 0.3) is 0 Å². The second kappa shape index (κ2) is 7.45. The van der Waals surface area contributed by atoms with Crippen LogP contribution in [-0.4, -0.2) is 40.6 Å². The normalized spacial score (nSPS) is 19.9. The van der Waals surface area contributed by atoms with Crippen molar-refractivity contribution < 1.29 is 9.90 Å². The first-order valence-electron chi connectivity index (χ1n) is 8.58. The van der Waals surface area contributed by atoms with Gasteiger partial charge in [0, 0.05) is 19.6 Å². The maximum Gasteiger partial charge on any atom is 0.237 e. The van der Waals surface area contributed by atoms with Crippen LogP contribution in [0.3, 0.4) is 0 Å². The third kappa shape index (κ3) is 5.33. The van der Waals surface area contributed by atoms with E-state index in [1.54, 1.807) is 0 Å². The van der Waals surface area contributed by atoms with Crippen LogP contribution in [0.1, 0.15) is 45.2 Å². The SMILES string of the molecule is CC(C)[C@@H]1C(=O)NCCN1Cc1ccc(CCC(C)(C)O)cc1. The number of carbonyl (C=O) groups is 1. The van der Waals surface area contributed by atoms with Gasteiger partial charge >= 0.3 is 0 Å². The quantitative estimate of drug-likeness (QED) is 0.846. The van der Waals surface area contributed by atoms with Crippen molar-refractivity contribution in [1.29, 1.82) is 0 Å². The van der Waals surface area contributed by atoms with Gasteiger partial charge in [0.15, 0.2) is 0 Å². The van der Waals surface area contributed by atoms with Gasteiger partial charge in [0.25, 0.3) is 0 Å². The van der Waals surface area contributed by atoms with Gasteiger partial charge in [-0.3, -0.25) is 9.69 Å². The van der Waals surface area contributed by atoms with Gasteiger partial charge in [-0.2, -0.15) is 0 Å². The second-order valence-electron chi connectivity index (χ2n) is 7.58. The number of piperazine rings is 1. The fourth-order valence-electron chi connectivity index (χ4n) is 3.13. The lowest BCUT2D eigenvalue weighted by atomic mass is 9.97. The van der Waals surface area contributed by atoms with Crippen molar-refractivity contribution in [2.45, 2.75) is 58.7 Å². The van der Waals surface area contributed by atoms with E-state index in [0.717, 1.165) is 32.5 Å². The molecule has 128 valence electrons. The van der Waals surface area contributed by atoms with E-state index in [9.17, 15) is 9.90 Å². The second-order valence-corrected chi connectivity index (χ2v) is 7.58. The first kappa shape index (κ1) is 18.0. The van der Waals surface area contributed by atoms with Crippen LogP contribution >= 0.6 is 0 Å². The maximum atomic E-state index is 12.1. The summed E-state index contributed by atoms with van der Waals surface area (Å²) >= 11 is 0. The first-order chi connectivity index (χ1) is 10.8. The molecular formula is C19H30N2O2. The predicted octanol–water partition coefficient (Wildman–Crippen LogP) is 2.35. The number of hydrogen-bond donors (Lipinski definition) is 2. The van der Waals surface area contributed by atoms with E-state index in [2.05, 4.69) is 48.3 Å². The molecule has 0 saturated carbocycles. The Hall–Kier alpha value is -1.39. The number of aliphatic hydroxyl groups is 1. The van der Waals surface area contributed by atoms with E-state index in [-0.39, 0.29) is 11.9 Å². The number of nitrogens with one attached hydrogen (secondary N) is 1. The first-order valence-corrected chi connectivity index (χ1v) is 8.58. The van der Waals surface area contributed by atoms with E-state index >= 15 is 0 Å². The average molecular weight is 318 g/mol. The zero-order valence-electron chi connectivity index (χ0n) is 14.8. The molecule has 1 aliphatic heterocycles. The molecule has 2 rings (SSSR count). The zero-order valence-corrected chi connectivity index (χ0v) is 14.8. The summed E-state index contributed by atoms with van der Waals surface area (Å²) in [7, 11) is 0. The molecule has 0 bridgehead atoms. The Morgan fingerprint density at radius 2 is 1.87 bits per heavy atom. The van der Waals surface area contributed by atoms with Gasteiger partial charge in [0.05, 0.1) is 11.6 Å². The molecule has 4 nitrogen and oxygen atoms in total. The largest absolute Gasteiger partial charge is 0.390 e. The minimum absolute atomic E-state index is 0.0429. The fourth-order valence-corrected chi connectivity index (χ4v) is 3.13.